The number of nitrogens with zero attached hydrogens (tertiary/aromatic N) is 1. The topological polar surface area (TPSA) is 30.9 Å². The zero-order valence-electron chi connectivity index (χ0n) is 12.1. The van der Waals surface area contributed by atoms with Crippen molar-refractivity contribution >= 4 is 10.9 Å². The molecule has 3 heteroatoms. The molecule has 1 unspecified atom stereocenters. The first-order valence-electron chi connectivity index (χ1n) is 7.20. The number of aromatic nitrogens is 1. The van der Waals surface area contributed by atoms with Crippen LogP contribution in [-0.2, 0) is 13.0 Å². The van der Waals surface area contributed by atoms with Crippen molar-refractivity contribution in [3.63, 3.8) is 0 Å². The number of nitrogens with two attached hydrogens (primary N) is 1. The Bertz CT molecular complexity index is 745. The molecule has 2 nitrogen and oxygen atoms in total. The van der Waals surface area contributed by atoms with Gasteiger partial charge in [-0.1, -0.05) is 30.3 Å². The van der Waals surface area contributed by atoms with Crippen LogP contribution in [-0.4, -0.2) is 10.6 Å². The average molecular weight is 282 g/mol. The number of benzene rings is 2. The zero-order chi connectivity index (χ0) is 14.8. The average Bonchev–Trinajstić information content (AvgIpc) is 2.77. The lowest BCUT2D eigenvalue weighted by Crippen LogP contribution is -2.17. The van der Waals surface area contributed by atoms with Crippen molar-refractivity contribution < 1.29 is 4.39 Å². The smallest absolute Gasteiger partial charge is 0.123 e. The van der Waals surface area contributed by atoms with Crippen molar-refractivity contribution in [3.05, 3.63) is 71.7 Å². The van der Waals surface area contributed by atoms with E-state index in [0.29, 0.717) is 0 Å². The van der Waals surface area contributed by atoms with E-state index in [0.717, 1.165) is 29.4 Å². The van der Waals surface area contributed by atoms with Crippen LogP contribution in [0.4, 0.5) is 4.39 Å². The first-order chi connectivity index (χ1) is 10.1. The molecule has 1 aromatic heterocycles. The van der Waals surface area contributed by atoms with E-state index in [1.807, 2.05) is 31.2 Å². The molecule has 3 aromatic rings. The van der Waals surface area contributed by atoms with E-state index in [4.69, 9.17) is 5.73 Å². The van der Waals surface area contributed by atoms with Gasteiger partial charge in [0.25, 0.3) is 0 Å². The lowest BCUT2D eigenvalue weighted by atomic mass is 10.1. The summed E-state index contributed by atoms with van der Waals surface area (Å²) in [4.78, 5) is 0. The predicted octanol–water partition coefficient (Wildman–Crippen LogP) is 3.72. The minimum Gasteiger partial charge on any atom is -0.343 e. The molecule has 108 valence electrons. The van der Waals surface area contributed by atoms with Gasteiger partial charge in [-0.05, 0) is 42.7 Å². The van der Waals surface area contributed by atoms with E-state index < -0.39 is 0 Å². The SMILES string of the molecule is CC(N)Cc1cn(Cc2ccccc2)c2ccc(F)cc12. The van der Waals surface area contributed by atoms with Gasteiger partial charge in [0.15, 0.2) is 0 Å². The van der Waals surface area contributed by atoms with Crippen molar-refractivity contribution in [2.45, 2.75) is 25.9 Å². The molecule has 0 spiro atoms. The Morgan fingerprint density at radius 1 is 1.14 bits per heavy atom. The molecule has 0 bridgehead atoms. The predicted molar refractivity (Wildman–Crippen MR) is 84.8 cm³/mol. The quantitative estimate of drug-likeness (QED) is 0.777. The summed E-state index contributed by atoms with van der Waals surface area (Å²) in [5.74, 6) is -0.203. The summed E-state index contributed by atoms with van der Waals surface area (Å²) in [6.45, 7) is 2.75. The molecule has 1 heterocycles. The summed E-state index contributed by atoms with van der Waals surface area (Å²) in [5.41, 5.74) is 9.30. The molecular weight excluding hydrogens is 263 g/mol. The Morgan fingerprint density at radius 3 is 2.62 bits per heavy atom. The third kappa shape index (κ3) is 2.98. The van der Waals surface area contributed by atoms with E-state index in [-0.39, 0.29) is 11.9 Å². The second-order valence-corrected chi connectivity index (χ2v) is 5.61. The van der Waals surface area contributed by atoms with Gasteiger partial charge in [-0.3, -0.25) is 0 Å². The molecule has 0 aliphatic rings. The highest BCUT2D eigenvalue weighted by atomic mass is 19.1. The first kappa shape index (κ1) is 13.8. The van der Waals surface area contributed by atoms with Crippen LogP contribution in [0, 0.1) is 5.82 Å². The van der Waals surface area contributed by atoms with E-state index >= 15 is 0 Å². The third-order valence-electron chi connectivity index (χ3n) is 3.66. The fourth-order valence-corrected chi connectivity index (χ4v) is 2.76. The fourth-order valence-electron chi connectivity index (χ4n) is 2.76. The summed E-state index contributed by atoms with van der Waals surface area (Å²) in [6, 6.07) is 15.3. The maximum atomic E-state index is 13.5. The molecule has 0 aliphatic heterocycles. The number of halogens is 1. The molecule has 3 rings (SSSR count). The number of fused-ring (bicyclic) bond motifs is 1. The van der Waals surface area contributed by atoms with Gasteiger partial charge >= 0.3 is 0 Å². The maximum Gasteiger partial charge on any atom is 0.123 e. The molecule has 0 saturated heterocycles. The number of hydrogen-bond acceptors (Lipinski definition) is 1. The molecule has 1 atom stereocenters. The van der Waals surface area contributed by atoms with Gasteiger partial charge in [-0.2, -0.15) is 0 Å². The number of rotatable bonds is 4. The van der Waals surface area contributed by atoms with Crippen LogP contribution in [0.2, 0.25) is 0 Å². The summed E-state index contributed by atoms with van der Waals surface area (Å²) in [5, 5.41) is 0.961. The second-order valence-electron chi connectivity index (χ2n) is 5.61. The molecule has 2 N–H and O–H groups in total. The highest BCUT2D eigenvalue weighted by molar-refractivity contribution is 5.84. The third-order valence-corrected chi connectivity index (χ3v) is 3.66. The van der Waals surface area contributed by atoms with Gasteiger partial charge < -0.3 is 10.3 Å². The van der Waals surface area contributed by atoms with Crippen LogP contribution in [0.3, 0.4) is 0 Å². The van der Waals surface area contributed by atoms with Gasteiger partial charge in [0.2, 0.25) is 0 Å². The lowest BCUT2D eigenvalue weighted by molar-refractivity contribution is 0.629. The normalized spacial score (nSPS) is 12.7. The molecule has 0 radical (unpaired) electrons. The number of hydrogen-bond donors (Lipinski definition) is 1. The van der Waals surface area contributed by atoms with Crippen LogP contribution in [0.15, 0.2) is 54.7 Å². The summed E-state index contributed by atoms with van der Waals surface area (Å²) in [7, 11) is 0. The van der Waals surface area contributed by atoms with Crippen molar-refractivity contribution in [1.29, 1.82) is 0 Å². The van der Waals surface area contributed by atoms with Crippen LogP contribution in [0.5, 0.6) is 0 Å². The molecular formula is C18H19FN2. The van der Waals surface area contributed by atoms with Crippen molar-refractivity contribution in [3.8, 4) is 0 Å². The molecule has 0 amide bonds. The fraction of sp³-hybridized carbons (Fsp3) is 0.222. The van der Waals surface area contributed by atoms with Crippen molar-refractivity contribution in [2.75, 3.05) is 0 Å². The lowest BCUT2D eigenvalue weighted by Gasteiger charge is -2.05. The van der Waals surface area contributed by atoms with Gasteiger partial charge in [0, 0.05) is 29.7 Å². The van der Waals surface area contributed by atoms with E-state index in [9.17, 15) is 4.39 Å². The minimum absolute atomic E-state index is 0.0593. The molecule has 0 aliphatic carbocycles. The Labute approximate surface area is 124 Å². The van der Waals surface area contributed by atoms with Crippen LogP contribution in [0.25, 0.3) is 10.9 Å². The Kier molecular flexibility index (Phi) is 3.76. The van der Waals surface area contributed by atoms with Crippen LogP contribution < -0.4 is 5.73 Å². The van der Waals surface area contributed by atoms with Gasteiger partial charge in [0.1, 0.15) is 5.82 Å². The van der Waals surface area contributed by atoms with E-state index in [1.54, 1.807) is 6.07 Å². The van der Waals surface area contributed by atoms with Crippen LogP contribution >= 0.6 is 0 Å². The van der Waals surface area contributed by atoms with E-state index in [2.05, 4.69) is 22.9 Å². The molecule has 2 aromatic carbocycles. The highest BCUT2D eigenvalue weighted by Gasteiger charge is 2.11. The first-order valence-corrected chi connectivity index (χ1v) is 7.20. The van der Waals surface area contributed by atoms with E-state index in [1.165, 1.54) is 11.6 Å². The molecule has 0 saturated carbocycles. The summed E-state index contributed by atoms with van der Waals surface area (Å²) >= 11 is 0. The standard InChI is InChI=1S/C18H19FN2/c1-13(20)9-15-12-21(11-14-5-3-2-4-6-14)18-8-7-16(19)10-17(15)18/h2-8,10,12-13H,9,11,20H2,1H3. The van der Waals surface area contributed by atoms with Gasteiger partial charge in [-0.15, -0.1) is 0 Å². The Hall–Kier alpha value is -2.13. The summed E-state index contributed by atoms with van der Waals surface area (Å²) < 4.78 is 15.7. The van der Waals surface area contributed by atoms with Crippen molar-refractivity contribution in [2.24, 2.45) is 5.73 Å². The highest BCUT2D eigenvalue weighted by Crippen LogP contribution is 2.24. The largest absolute Gasteiger partial charge is 0.343 e. The van der Waals surface area contributed by atoms with Crippen LogP contribution in [0.1, 0.15) is 18.1 Å². The van der Waals surface area contributed by atoms with Gasteiger partial charge in [-0.25, -0.2) is 4.39 Å². The zero-order valence-corrected chi connectivity index (χ0v) is 12.1. The van der Waals surface area contributed by atoms with Crippen molar-refractivity contribution in [1.82, 2.24) is 4.57 Å². The summed E-state index contributed by atoms with van der Waals surface area (Å²) in [6.07, 6.45) is 2.85. The monoisotopic (exact) mass is 282 g/mol. The minimum atomic E-state index is -0.203. The Morgan fingerprint density at radius 2 is 1.90 bits per heavy atom. The van der Waals surface area contributed by atoms with Gasteiger partial charge in [0.05, 0.1) is 0 Å². The second kappa shape index (κ2) is 5.70. The Balaban J connectivity index is 2.06. The molecule has 0 fully saturated rings. The molecule has 21 heavy (non-hydrogen) atoms. The maximum absolute atomic E-state index is 13.5.